The van der Waals surface area contributed by atoms with Gasteiger partial charge in [0, 0.05) is 25.0 Å². The highest BCUT2D eigenvalue weighted by Crippen LogP contribution is 2.31. The third-order valence-corrected chi connectivity index (χ3v) is 5.53. The van der Waals surface area contributed by atoms with Gasteiger partial charge in [-0.3, -0.25) is 18.9 Å². The van der Waals surface area contributed by atoms with Crippen LogP contribution in [0.4, 0.5) is 13.2 Å². The van der Waals surface area contributed by atoms with Gasteiger partial charge in [0.05, 0.1) is 33.4 Å². The van der Waals surface area contributed by atoms with Gasteiger partial charge in [-0.25, -0.2) is 14.8 Å². The van der Waals surface area contributed by atoms with Gasteiger partial charge in [-0.05, 0) is 42.5 Å². The molecule has 172 valence electrons. The summed E-state index contributed by atoms with van der Waals surface area (Å²) in [6.07, 6.45) is -1.91. The molecule has 11 heteroatoms. The Labute approximate surface area is 194 Å². The third kappa shape index (κ3) is 3.61. The molecule has 0 N–H and O–H groups in total. The number of pyridine rings is 3. The van der Waals surface area contributed by atoms with Crippen LogP contribution in [0.3, 0.4) is 0 Å². The van der Waals surface area contributed by atoms with Crippen LogP contribution in [0.15, 0.2) is 70.5 Å². The Hall–Kier alpha value is -4.85. The molecular formula is C24H13F3N6O2. The van der Waals surface area contributed by atoms with Gasteiger partial charge in [0.1, 0.15) is 17.3 Å². The number of aromatic nitrogens is 5. The van der Waals surface area contributed by atoms with Crippen molar-refractivity contribution in [3.05, 3.63) is 93.0 Å². The Bertz CT molecular complexity index is 1800. The standard InChI is InChI=1S/C24H13F3N6O2/c1-32-22(34)17-12-30-19-8-7-18(13-5-6-15(10-28)29-11-13)31-20(19)21(17)33(23(32)35)16-4-2-3-14(9-16)24(25,26)27/h2-9,11-12H,1H3. The van der Waals surface area contributed by atoms with Crippen molar-refractivity contribution >= 4 is 21.9 Å². The topological polar surface area (TPSA) is 106 Å². The van der Waals surface area contributed by atoms with Crippen molar-refractivity contribution in [3.8, 4) is 23.0 Å². The Morgan fingerprint density at radius 3 is 2.49 bits per heavy atom. The lowest BCUT2D eigenvalue weighted by atomic mass is 10.1. The summed E-state index contributed by atoms with van der Waals surface area (Å²) in [4.78, 5) is 38.9. The van der Waals surface area contributed by atoms with E-state index in [1.165, 1.54) is 37.6 Å². The summed E-state index contributed by atoms with van der Waals surface area (Å²) in [6.45, 7) is 0. The molecule has 0 bridgehead atoms. The van der Waals surface area contributed by atoms with Crippen LogP contribution in [0.5, 0.6) is 0 Å². The van der Waals surface area contributed by atoms with E-state index in [4.69, 9.17) is 5.26 Å². The average Bonchev–Trinajstić information content (AvgIpc) is 2.86. The van der Waals surface area contributed by atoms with Gasteiger partial charge >= 0.3 is 11.9 Å². The fourth-order valence-electron chi connectivity index (χ4n) is 3.78. The summed E-state index contributed by atoms with van der Waals surface area (Å²) in [5.74, 6) is 0. The molecule has 0 saturated heterocycles. The van der Waals surface area contributed by atoms with Gasteiger partial charge in [-0.2, -0.15) is 18.4 Å². The average molecular weight is 474 g/mol. The van der Waals surface area contributed by atoms with Crippen LogP contribution >= 0.6 is 0 Å². The lowest BCUT2D eigenvalue weighted by Crippen LogP contribution is -2.37. The molecule has 0 fully saturated rings. The lowest BCUT2D eigenvalue weighted by Gasteiger charge is -2.15. The number of nitriles is 1. The third-order valence-electron chi connectivity index (χ3n) is 5.53. The number of hydrogen-bond acceptors (Lipinski definition) is 6. The van der Waals surface area contributed by atoms with E-state index in [2.05, 4.69) is 15.0 Å². The van der Waals surface area contributed by atoms with Crippen molar-refractivity contribution < 1.29 is 13.2 Å². The zero-order valence-electron chi connectivity index (χ0n) is 17.9. The van der Waals surface area contributed by atoms with Gasteiger partial charge in [-0.15, -0.1) is 0 Å². The molecule has 0 aliphatic heterocycles. The van der Waals surface area contributed by atoms with E-state index in [9.17, 15) is 22.8 Å². The van der Waals surface area contributed by atoms with Crippen LogP contribution in [-0.4, -0.2) is 24.1 Å². The molecule has 8 nitrogen and oxygen atoms in total. The minimum Gasteiger partial charge on any atom is -0.268 e. The first-order chi connectivity index (χ1) is 16.7. The second-order valence-electron chi connectivity index (χ2n) is 7.66. The van der Waals surface area contributed by atoms with Crippen LogP contribution in [-0.2, 0) is 13.2 Å². The van der Waals surface area contributed by atoms with Gasteiger partial charge in [0.25, 0.3) is 5.56 Å². The molecule has 1 aromatic carbocycles. The van der Waals surface area contributed by atoms with Gasteiger partial charge in [0.15, 0.2) is 0 Å². The number of hydrogen-bond donors (Lipinski definition) is 0. The van der Waals surface area contributed by atoms with Gasteiger partial charge in [0.2, 0.25) is 0 Å². The molecular weight excluding hydrogens is 461 g/mol. The predicted molar refractivity (Wildman–Crippen MR) is 121 cm³/mol. The summed E-state index contributed by atoms with van der Waals surface area (Å²) >= 11 is 0. The number of rotatable bonds is 2. The Morgan fingerprint density at radius 1 is 1.00 bits per heavy atom. The molecule has 0 aliphatic carbocycles. The number of benzene rings is 1. The fourth-order valence-corrected chi connectivity index (χ4v) is 3.78. The fraction of sp³-hybridized carbons (Fsp3) is 0.0833. The number of fused-ring (bicyclic) bond motifs is 3. The Kier molecular flexibility index (Phi) is 4.94. The number of alkyl halides is 3. The number of halogens is 3. The molecule has 0 unspecified atom stereocenters. The maximum Gasteiger partial charge on any atom is 0.416 e. The maximum atomic E-state index is 13.4. The normalized spacial score (nSPS) is 11.6. The van der Waals surface area contributed by atoms with E-state index in [1.807, 2.05) is 6.07 Å². The van der Waals surface area contributed by atoms with E-state index in [0.717, 1.165) is 21.3 Å². The minimum absolute atomic E-state index is 0.0135. The Balaban J connectivity index is 1.89. The molecule has 5 aromatic rings. The molecule has 4 heterocycles. The van der Waals surface area contributed by atoms with Crippen molar-refractivity contribution in [3.63, 3.8) is 0 Å². The van der Waals surface area contributed by atoms with Gasteiger partial charge in [-0.1, -0.05) is 6.07 Å². The van der Waals surface area contributed by atoms with Crippen LogP contribution in [0.25, 0.3) is 38.9 Å². The molecule has 35 heavy (non-hydrogen) atoms. The molecule has 0 amide bonds. The first-order valence-electron chi connectivity index (χ1n) is 10.1. The van der Waals surface area contributed by atoms with Gasteiger partial charge < -0.3 is 0 Å². The molecule has 5 rings (SSSR count). The molecule has 0 radical (unpaired) electrons. The maximum absolute atomic E-state index is 13.4. The van der Waals surface area contributed by atoms with Crippen LogP contribution in [0, 0.1) is 11.3 Å². The van der Waals surface area contributed by atoms with E-state index in [1.54, 1.807) is 18.2 Å². The van der Waals surface area contributed by atoms with Crippen LogP contribution in [0.1, 0.15) is 11.3 Å². The smallest absolute Gasteiger partial charge is 0.268 e. The van der Waals surface area contributed by atoms with E-state index >= 15 is 0 Å². The summed E-state index contributed by atoms with van der Waals surface area (Å²) < 4.78 is 42.0. The SMILES string of the molecule is Cn1c(=O)c2cnc3ccc(-c4ccc(C#N)nc4)nc3c2n(-c2cccc(C(F)(F)F)c2)c1=O. The molecule has 0 atom stereocenters. The second-order valence-corrected chi connectivity index (χ2v) is 7.66. The predicted octanol–water partition coefficient (Wildman–Crippen LogP) is 3.59. The van der Waals surface area contributed by atoms with Crippen molar-refractivity contribution in [1.29, 1.82) is 5.26 Å². The lowest BCUT2D eigenvalue weighted by molar-refractivity contribution is -0.137. The van der Waals surface area contributed by atoms with E-state index < -0.39 is 23.0 Å². The summed E-state index contributed by atoms with van der Waals surface area (Å²) in [6, 6.07) is 12.6. The summed E-state index contributed by atoms with van der Waals surface area (Å²) in [7, 11) is 1.24. The first-order valence-corrected chi connectivity index (χ1v) is 10.1. The zero-order chi connectivity index (χ0) is 24.9. The van der Waals surface area contributed by atoms with Crippen molar-refractivity contribution in [2.75, 3.05) is 0 Å². The molecule has 0 saturated carbocycles. The Morgan fingerprint density at radius 2 is 1.80 bits per heavy atom. The van der Waals surface area contributed by atoms with Crippen LogP contribution < -0.4 is 11.2 Å². The molecule has 0 aliphatic rings. The zero-order valence-corrected chi connectivity index (χ0v) is 17.9. The first kappa shape index (κ1) is 22.0. The second kappa shape index (κ2) is 7.88. The van der Waals surface area contributed by atoms with E-state index in [0.29, 0.717) is 16.8 Å². The molecule has 0 spiro atoms. The minimum atomic E-state index is -4.63. The molecule has 4 aromatic heterocycles. The van der Waals surface area contributed by atoms with Crippen LogP contribution in [0.2, 0.25) is 0 Å². The van der Waals surface area contributed by atoms with Crippen molar-refractivity contribution in [2.45, 2.75) is 6.18 Å². The monoisotopic (exact) mass is 474 g/mol. The summed E-state index contributed by atoms with van der Waals surface area (Å²) in [5.41, 5.74) is -0.824. The van der Waals surface area contributed by atoms with E-state index in [-0.39, 0.29) is 27.8 Å². The van der Waals surface area contributed by atoms with Crippen molar-refractivity contribution in [1.82, 2.24) is 24.1 Å². The quantitative estimate of drug-likeness (QED) is 0.362. The summed E-state index contributed by atoms with van der Waals surface area (Å²) in [5, 5.41) is 8.98. The highest BCUT2D eigenvalue weighted by molar-refractivity contribution is 6.01. The largest absolute Gasteiger partial charge is 0.416 e. The highest BCUT2D eigenvalue weighted by atomic mass is 19.4. The highest BCUT2D eigenvalue weighted by Gasteiger charge is 2.31. The number of nitrogens with zero attached hydrogens (tertiary/aromatic N) is 6. The van der Waals surface area contributed by atoms with Crippen molar-refractivity contribution in [2.24, 2.45) is 7.05 Å².